The molecule has 1 aromatic heterocycles. The molecule has 2 rings (SSSR count). The fourth-order valence-electron chi connectivity index (χ4n) is 1.59. The second kappa shape index (κ2) is 5.88. The first-order valence-corrected chi connectivity index (χ1v) is 7.21. The van der Waals surface area contributed by atoms with Crippen LogP contribution in [0.4, 0.5) is 11.5 Å². The predicted molar refractivity (Wildman–Crippen MR) is 83.3 cm³/mol. The molecule has 0 radical (unpaired) electrons. The van der Waals surface area contributed by atoms with Crippen LogP contribution < -0.4 is 5.32 Å². The topological polar surface area (TPSA) is 37.8 Å². The molecule has 19 heavy (non-hydrogen) atoms. The van der Waals surface area contributed by atoms with Gasteiger partial charge in [0.1, 0.15) is 16.8 Å². The predicted octanol–water partition coefficient (Wildman–Crippen LogP) is 5.07. The van der Waals surface area contributed by atoms with Gasteiger partial charge in [-0.2, -0.15) is 0 Å². The Kier molecular flexibility index (Phi) is 4.42. The molecule has 0 unspecified atom stereocenters. The molecule has 0 saturated carbocycles. The van der Waals surface area contributed by atoms with E-state index in [9.17, 15) is 0 Å². The van der Waals surface area contributed by atoms with E-state index in [1.54, 1.807) is 0 Å². The molecular weight excluding hydrogens is 326 g/mol. The molecule has 0 atom stereocenters. The monoisotopic (exact) mass is 339 g/mol. The van der Waals surface area contributed by atoms with E-state index < -0.39 is 0 Å². The zero-order valence-electron chi connectivity index (χ0n) is 11.0. The van der Waals surface area contributed by atoms with Gasteiger partial charge in [-0.15, -0.1) is 0 Å². The van der Waals surface area contributed by atoms with Crippen LogP contribution in [-0.2, 0) is 0 Å². The Bertz CT molecular complexity index is 599. The van der Waals surface area contributed by atoms with Crippen molar-refractivity contribution in [2.75, 3.05) is 5.32 Å². The minimum atomic E-state index is 0.237. The van der Waals surface area contributed by atoms with Crippen molar-refractivity contribution < 1.29 is 0 Å². The largest absolute Gasteiger partial charge is 0.340 e. The average Bonchev–Trinajstić information content (AvgIpc) is 2.34. The van der Waals surface area contributed by atoms with Gasteiger partial charge >= 0.3 is 0 Å². The van der Waals surface area contributed by atoms with Gasteiger partial charge in [0.05, 0.1) is 0 Å². The average molecular weight is 341 g/mol. The number of anilines is 2. The summed E-state index contributed by atoms with van der Waals surface area (Å²) in [6.07, 6.45) is 0. The molecule has 1 aromatic carbocycles. The second-order valence-electron chi connectivity index (χ2n) is 4.64. The summed E-state index contributed by atoms with van der Waals surface area (Å²) in [4.78, 5) is 8.83. The quantitative estimate of drug-likeness (QED) is 0.793. The molecule has 0 bridgehead atoms. The van der Waals surface area contributed by atoms with Crippen LogP contribution in [0.15, 0.2) is 28.7 Å². The van der Waals surface area contributed by atoms with Gasteiger partial charge in [-0.25, -0.2) is 9.97 Å². The van der Waals surface area contributed by atoms with E-state index in [0.29, 0.717) is 5.15 Å². The molecular formula is C14H15BrClN3. The van der Waals surface area contributed by atoms with Crippen LogP contribution in [0.25, 0.3) is 0 Å². The number of aromatic nitrogens is 2. The Morgan fingerprint density at radius 3 is 2.63 bits per heavy atom. The molecule has 0 aliphatic carbocycles. The number of halogens is 2. The van der Waals surface area contributed by atoms with Gasteiger partial charge in [-0.3, -0.25) is 0 Å². The second-order valence-corrected chi connectivity index (χ2v) is 5.91. The highest BCUT2D eigenvalue weighted by molar-refractivity contribution is 9.10. The molecule has 0 fully saturated rings. The maximum absolute atomic E-state index is 6.16. The smallest absolute Gasteiger partial charge is 0.138 e. The van der Waals surface area contributed by atoms with E-state index >= 15 is 0 Å². The number of hydrogen-bond donors (Lipinski definition) is 1. The van der Waals surface area contributed by atoms with Gasteiger partial charge in [0.2, 0.25) is 0 Å². The summed E-state index contributed by atoms with van der Waals surface area (Å²) >= 11 is 9.61. The number of nitrogens with zero attached hydrogens (tertiary/aromatic N) is 2. The van der Waals surface area contributed by atoms with Crippen LogP contribution in [-0.4, -0.2) is 9.97 Å². The molecule has 100 valence electrons. The first kappa shape index (κ1) is 14.3. The van der Waals surface area contributed by atoms with Crippen molar-refractivity contribution in [2.24, 2.45) is 0 Å². The van der Waals surface area contributed by atoms with Crippen LogP contribution in [0.2, 0.25) is 5.15 Å². The van der Waals surface area contributed by atoms with E-state index in [1.165, 1.54) is 0 Å². The molecule has 0 saturated heterocycles. The van der Waals surface area contributed by atoms with Crippen molar-refractivity contribution in [3.05, 3.63) is 45.3 Å². The Labute approximate surface area is 126 Å². The van der Waals surface area contributed by atoms with E-state index in [0.717, 1.165) is 27.4 Å². The minimum Gasteiger partial charge on any atom is -0.340 e. The Balaban J connectivity index is 2.39. The van der Waals surface area contributed by atoms with Crippen molar-refractivity contribution >= 4 is 39.0 Å². The van der Waals surface area contributed by atoms with Crippen molar-refractivity contribution in [3.8, 4) is 0 Å². The maximum atomic E-state index is 6.16. The molecule has 0 spiro atoms. The lowest BCUT2D eigenvalue weighted by atomic mass is 10.2. The highest BCUT2D eigenvalue weighted by Crippen LogP contribution is 2.26. The SMILES string of the molecule is Cc1c(Cl)nc(C(C)C)nc1Nc1cccc(Br)c1. The highest BCUT2D eigenvalue weighted by atomic mass is 79.9. The number of benzene rings is 1. The molecule has 0 aliphatic rings. The molecule has 3 nitrogen and oxygen atoms in total. The highest BCUT2D eigenvalue weighted by Gasteiger charge is 2.12. The Hall–Kier alpha value is -1.13. The Morgan fingerprint density at radius 2 is 2.00 bits per heavy atom. The third kappa shape index (κ3) is 3.45. The van der Waals surface area contributed by atoms with Crippen molar-refractivity contribution in [3.63, 3.8) is 0 Å². The van der Waals surface area contributed by atoms with E-state index in [4.69, 9.17) is 11.6 Å². The van der Waals surface area contributed by atoms with Crippen molar-refractivity contribution in [1.82, 2.24) is 9.97 Å². The van der Waals surface area contributed by atoms with Gasteiger partial charge in [0, 0.05) is 21.6 Å². The fourth-order valence-corrected chi connectivity index (χ4v) is 2.16. The molecule has 0 amide bonds. The lowest BCUT2D eigenvalue weighted by molar-refractivity contribution is 0.773. The van der Waals surface area contributed by atoms with E-state index in [-0.39, 0.29) is 5.92 Å². The third-order valence-corrected chi connectivity index (χ3v) is 3.57. The maximum Gasteiger partial charge on any atom is 0.138 e. The number of rotatable bonds is 3. The lowest BCUT2D eigenvalue weighted by Gasteiger charge is -2.13. The minimum absolute atomic E-state index is 0.237. The summed E-state index contributed by atoms with van der Waals surface area (Å²) in [6, 6.07) is 7.91. The summed E-state index contributed by atoms with van der Waals surface area (Å²) in [7, 11) is 0. The van der Waals surface area contributed by atoms with E-state index in [2.05, 4.69) is 31.2 Å². The van der Waals surface area contributed by atoms with Crippen molar-refractivity contribution in [1.29, 1.82) is 0 Å². The first-order valence-electron chi connectivity index (χ1n) is 6.04. The standard InChI is InChI=1S/C14H15BrClN3/c1-8(2)13-18-12(16)9(3)14(19-13)17-11-6-4-5-10(15)7-11/h4-8H,1-3H3,(H,17,18,19). The summed E-state index contributed by atoms with van der Waals surface area (Å²) in [5, 5.41) is 3.78. The summed E-state index contributed by atoms with van der Waals surface area (Å²) < 4.78 is 1.01. The van der Waals surface area contributed by atoms with Crippen LogP contribution in [0.1, 0.15) is 31.2 Å². The normalized spacial score (nSPS) is 10.8. The van der Waals surface area contributed by atoms with Crippen molar-refractivity contribution in [2.45, 2.75) is 26.7 Å². The molecule has 1 N–H and O–H groups in total. The summed E-state index contributed by atoms with van der Waals surface area (Å²) in [5.41, 5.74) is 1.81. The zero-order valence-corrected chi connectivity index (χ0v) is 13.4. The van der Waals surface area contributed by atoms with Crippen LogP contribution in [0.3, 0.4) is 0 Å². The third-order valence-electron chi connectivity index (χ3n) is 2.71. The molecule has 2 aromatic rings. The van der Waals surface area contributed by atoms with E-state index in [1.807, 2.05) is 45.0 Å². The van der Waals surface area contributed by atoms with Crippen LogP contribution in [0, 0.1) is 6.92 Å². The Morgan fingerprint density at radius 1 is 1.26 bits per heavy atom. The van der Waals surface area contributed by atoms with Gasteiger partial charge in [0.15, 0.2) is 0 Å². The summed E-state index contributed by atoms with van der Waals surface area (Å²) in [6.45, 7) is 6.00. The van der Waals surface area contributed by atoms with Gasteiger partial charge in [-0.05, 0) is 25.1 Å². The zero-order chi connectivity index (χ0) is 14.0. The molecule has 0 aliphatic heterocycles. The number of hydrogen-bond acceptors (Lipinski definition) is 3. The fraction of sp³-hybridized carbons (Fsp3) is 0.286. The van der Waals surface area contributed by atoms with Crippen LogP contribution in [0.5, 0.6) is 0 Å². The first-order chi connectivity index (χ1) is 8.97. The van der Waals surface area contributed by atoms with Gasteiger partial charge < -0.3 is 5.32 Å². The molecule has 5 heteroatoms. The molecule has 1 heterocycles. The van der Waals surface area contributed by atoms with Gasteiger partial charge in [-0.1, -0.05) is 47.4 Å². The number of nitrogens with one attached hydrogen (secondary N) is 1. The lowest BCUT2D eigenvalue weighted by Crippen LogP contribution is -2.05. The van der Waals surface area contributed by atoms with Gasteiger partial charge in [0.25, 0.3) is 0 Å². The van der Waals surface area contributed by atoms with Crippen LogP contribution >= 0.6 is 27.5 Å². The summed E-state index contributed by atoms with van der Waals surface area (Å²) in [5.74, 6) is 1.73.